The fourth-order valence-electron chi connectivity index (χ4n) is 7.46. The number of nitrogens with two attached hydrogens (primary N) is 2. The van der Waals surface area contributed by atoms with Crippen LogP contribution in [0.1, 0.15) is 43.8 Å². The quantitative estimate of drug-likeness (QED) is 0.0739. The zero-order valence-corrected chi connectivity index (χ0v) is 34.4. The number of primary amides is 2. The number of carbonyl (C=O) groups is 2. The first kappa shape index (κ1) is 39.1. The first-order valence-corrected chi connectivity index (χ1v) is 20.2. The average molecular weight is 847 g/mol. The second-order valence-corrected chi connectivity index (χ2v) is 15.1. The largest absolute Gasteiger partial charge is 0.378 e. The van der Waals surface area contributed by atoms with Gasteiger partial charge in [-0.15, -0.1) is 5.10 Å². The Kier molecular flexibility index (Phi) is 9.83. The van der Waals surface area contributed by atoms with Crippen molar-refractivity contribution in [2.45, 2.75) is 26.9 Å². The fraction of sp³-hybridized carbons (Fsp3) is 0.0870. The molecule has 10 rings (SSSR count). The molecule has 10 aromatic rings. The Morgan fingerprint density at radius 3 is 1.91 bits per heavy atom. The molecule has 2 amide bonds. The van der Waals surface area contributed by atoms with Gasteiger partial charge in [-0.2, -0.15) is 5.10 Å². The second kappa shape index (κ2) is 16.1. The van der Waals surface area contributed by atoms with Gasteiger partial charge in [0.15, 0.2) is 17.1 Å². The molecule has 2 aromatic carbocycles. The van der Waals surface area contributed by atoms with Crippen molar-refractivity contribution < 1.29 is 9.59 Å². The highest BCUT2D eigenvalue weighted by atomic mass is 16.1. The van der Waals surface area contributed by atoms with Crippen LogP contribution in [0.4, 0.5) is 11.4 Å². The van der Waals surface area contributed by atoms with E-state index >= 15 is 0 Å². The molecule has 0 aliphatic rings. The summed E-state index contributed by atoms with van der Waals surface area (Å²) in [5.74, 6) is 0.523. The Morgan fingerprint density at radius 1 is 0.625 bits per heavy atom. The Morgan fingerprint density at radius 2 is 1.25 bits per heavy atom. The fourth-order valence-corrected chi connectivity index (χ4v) is 7.46. The zero-order chi connectivity index (χ0) is 43.9. The van der Waals surface area contributed by atoms with Crippen molar-refractivity contribution in [3.8, 4) is 56.7 Å². The third kappa shape index (κ3) is 7.73. The van der Waals surface area contributed by atoms with Crippen LogP contribution in [0.2, 0.25) is 0 Å². The van der Waals surface area contributed by atoms with Crippen LogP contribution in [0.15, 0.2) is 122 Å². The monoisotopic (exact) mass is 846 g/mol. The number of hydrogen-bond acceptors (Lipinski definition) is 12. The number of fused-ring (bicyclic) bond motifs is 2. The number of imidazole rings is 2. The van der Waals surface area contributed by atoms with Gasteiger partial charge in [0.05, 0.1) is 52.8 Å². The molecule has 8 aromatic heterocycles. The molecule has 8 heterocycles. The smallest absolute Gasteiger partial charge is 0.250 e. The summed E-state index contributed by atoms with van der Waals surface area (Å²) in [6.07, 6.45) is 5.22. The molecule has 8 N–H and O–H groups in total. The molecule has 0 fully saturated rings. The molecule has 18 nitrogen and oxygen atoms in total. The predicted molar refractivity (Wildman–Crippen MR) is 241 cm³/mol. The van der Waals surface area contributed by atoms with E-state index in [9.17, 15) is 9.59 Å². The summed E-state index contributed by atoms with van der Waals surface area (Å²) >= 11 is 0. The lowest BCUT2D eigenvalue weighted by Crippen LogP contribution is -2.15. The van der Waals surface area contributed by atoms with Crippen LogP contribution in [0.5, 0.6) is 0 Å². The molecule has 0 bridgehead atoms. The van der Waals surface area contributed by atoms with Crippen LogP contribution < -0.4 is 22.1 Å². The van der Waals surface area contributed by atoms with Crippen molar-refractivity contribution in [2.75, 3.05) is 10.6 Å². The van der Waals surface area contributed by atoms with Gasteiger partial charge in [-0.25, -0.2) is 29.0 Å². The number of rotatable bonds is 13. The summed E-state index contributed by atoms with van der Waals surface area (Å²) in [5, 5.41) is 15.8. The van der Waals surface area contributed by atoms with Gasteiger partial charge in [0.1, 0.15) is 18.0 Å². The number of aryl methyl sites for hydroxylation is 2. The van der Waals surface area contributed by atoms with E-state index < -0.39 is 11.8 Å². The van der Waals surface area contributed by atoms with Crippen LogP contribution in [0, 0.1) is 13.8 Å². The Balaban J connectivity index is 0.926. The molecule has 64 heavy (non-hydrogen) atoms. The standard InChI is InChI=1S/C46H38N16O2/c1-25-6-3-10-34(53-25)42-40(29-13-16-38-51-24-52-61(38)22-29)56-37(58-42)21-50-33-15-12-28(19-32(33)45(48)64)46-59-39-17-14-30(23-62(39)60-46)41-43(35-11-4-7-26(2)54-35)57-36(55-41)20-49-31-9-5-8-27(18-31)44(47)63/h3-19,22-24,49-50H,20-21H2,1-2H3,(H2,47,63)(H2,48,64)(H,55,57)(H,56,58). The summed E-state index contributed by atoms with van der Waals surface area (Å²) in [6.45, 7) is 4.44. The SMILES string of the molecule is Cc1cccc(-c2[nH]c(CNc3cccc(C(N)=O)c3)nc2-c2ccc3nc(-c4ccc(NCc5nc(-c6ccc7ncnn7c6)c(-c6cccc(C)n6)[nH]5)c(C(N)=O)c4)nn3c2)n1. The van der Waals surface area contributed by atoms with Gasteiger partial charge in [0.25, 0.3) is 5.91 Å². The van der Waals surface area contributed by atoms with E-state index in [0.717, 1.165) is 51.0 Å². The number of hydrogen-bond donors (Lipinski definition) is 6. The number of nitrogens with one attached hydrogen (secondary N) is 4. The normalized spacial score (nSPS) is 11.3. The molecule has 0 unspecified atom stereocenters. The maximum absolute atomic E-state index is 12.9. The number of anilines is 2. The maximum atomic E-state index is 12.9. The average Bonchev–Trinajstić information content (AvgIpc) is 4.13. The Labute approximate surface area is 363 Å². The molecule has 0 atom stereocenters. The third-order valence-electron chi connectivity index (χ3n) is 10.5. The molecule has 18 heteroatoms. The van der Waals surface area contributed by atoms with Gasteiger partial charge in [-0.1, -0.05) is 18.2 Å². The highest BCUT2D eigenvalue weighted by molar-refractivity contribution is 5.99. The number of amides is 2. The second-order valence-electron chi connectivity index (χ2n) is 15.1. The number of pyridine rings is 4. The van der Waals surface area contributed by atoms with E-state index in [1.807, 2.05) is 99.0 Å². The number of nitrogens with zero attached hydrogens (tertiary/aromatic N) is 10. The Bertz CT molecular complexity index is 3420. The minimum Gasteiger partial charge on any atom is -0.378 e. The molecular formula is C46H38N16O2. The van der Waals surface area contributed by atoms with Crippen LogP contribution in [0.3, 0.4) is 0 Å². The molecule has 0 aliphatic heterocycles. The minimum absolute atomic E-state index is 0.243. The number of aromatic amines is 2. The summed E-state index contributed by atoms with van der Waals surface area (Å²) in [6, 6.07) is 31.5. The van der Waals surface area contributed by atoms with E-state index in [1.165, 1.54) is 6.33 Å². The third-order valence-corrected chi connectivity index (χ3v) is 10.5. The number of aromatic nitrogens is 12. The molecule has 0 spiro atoms. The number of benzene rings is 2. The Hall–Kier alpha value is -9.06. The predicted octanol–water partition coefficient (Wildman–Crippen LogP) is 6.38. The minimum atomic E-state index is -0.622. The first-order valence-electron chi connectivity index (χ1n) is 20.2. The van der Waals surface area contributed by atoms with Gasteiger partial charge in [-0.3, -0.25) is 19.6 Å². The highest BCUT2D eigenvalue weighted by Crippen LogP contribution is 2.32. The van der Waals surface area contributed by atoms with Crippen LogP contribution >= 0.6 is 0 Å². The molecule has 0 radical (unpaired) electrons. The maximum Gasteiger partial charge on any atom is 0.250 e. The number of H-pyrrole nitrogens is 2. The highest BCUT2D eigenvalue weighted by Gasteiger charge is 2.20. The van der Waals surface area contributed by atoms with E-state index in [-0.39, 0.29) is 12.1 Å². The van der Waals surface area contributed by atoms with Crippen LogP contribution in [0.25, 0.3) is 68.0 Å². The topological polar surface area (TPSA) is 254 Å². The van der Waals surface area contributed by atoms with Crippen molar-refractivity contribution in [3.05, 3.63) is 156 Å². The van der Waals surface area contributed by atoms with E-state index in [1.54, 1.807) is 39.4 Å². The molecule has 0 saturated carbocycles. The van der Waals surface area contributed by atoms with Crippen molar-refractivity contribution in [2.24, 2.45) is 11.5 Å². The van der Waals surface area contributed by atoms with Crippen LogP contribution in [-0.4, -0.2) is 70.9 Å². The van der Waals surface area contributed by atoms with Crippen LogP contribution in [-0.2, 0) is 13.1 Å². The van der Waals surface area contributed by atoms with Crippen molar-refractivity contribution in [1.82, 2.24) is 59.1 Å². The summed E-state index contributed by atoms with van der Waals surface area (Å²) in [5.41, 5.74) is 22.8. The summed E-state index contributed by atoms with van der Waals surface area (Å²) in [4.78, 5) is 60.0. The molecule has 0 aliphatic carbocycles. The molecule has 314 valence electrons. The van der Waals surface area contributed by atoms with Crippen molar-refractivity contribution in [1.29, 1.82) is 0 Å². The van der Waals surface area contributed by atoms with Gasteiger partial charge >= 0.3 is 0 Å². The van der Waals surface area contributed by atoms with E-state index in [2.05, 4.69) is 30.7 Å². The lowest BCUT2D eigenvalue weighted by atomic mass is 10.1. The van der Waals surface area contributed by atoms with E-state index in [0.29, 0.717) is 63.5 Å². The number of carbonyl (C=O) groups excluding carboxylic acids is 2. The van der Waals surface area contributed by atoms with Crippen molar-refractivity contribution >= 4 is 34.5 Å². The molecular weight excluding hydrogens is 809 g/mol. The van der Waals surface area contributed by atoms with Crippen molar-refractivity contribution in [3.63, 3.8) is 0 Å². The summed E-state index contributed by atoms with van der Waals surface area (Å²) < 4.78 is 3.37. The first-order chi connectivity index (χ1) is 31.1. The lowest BCUT2D eigenvalue weighted by Gasteiger charge is -2.10. The van der Waals surface area contributed by atoms with Gasteiger partial charge in [0.2, 0.25) is 5.91 Å². The van der Waals surface area contributed by atoms with Gasteiger partial charge < -0.3 is 32.1 Å². The van der Waals surface area contributed by atoms with E-state index in [4.69, 9.17) is 41.5 Å². The van der Waals surface area contributed by atoms with Gasteiger partial charge in [0, 0.05) is 57.4 Å². The van der Waals surface area contributed by atoms with Gasteiger partial charge in [-0.05, 0) is 98.8 Å². The molecule has 0 saturated heterocycles. The lowest BCUT2D eigenvalue weighted by molar-refractivity contribution is 0.0992. The zero-order valence-electron chi connectivity index (χ0n) is 34.4. The summed E-state index contributed by atoms with van der Waals surface area (Å²) in [7, 11) is 0.